The van der Waals surface area contributed by atoms with Crippen molar-refractivity contribution in [2.24, 2.45) is 0 Å². The highest BCUT2D eigenvalue weighted by molar-refractivity contribution is 7.99. The molecule has 2 amide bonds. The minimum Gasteiger partial charge on any atom is -0.444 e. The van der Waals surface area contributed by atoms with Crippen molar-refractivity contribution < 1.29 is 14.3 Å². The topological polar surface area (TPSA) is 67.4 Å². The van der Waals surface area contributed by atoms with E-state index in [4.69, 9.17) is 4.74 Å². The summed E-state index contributed by atoms with van der Waals surface area (Å²) in [6.45, 7) is 7.36. The number of amides is 2. The van der Waals surface area contributed by atoms with Crippen LogP contribution in [0.15, 0.2) is 23.1 Å². The van der Waals surface area contributed by atoms with Gasteiger partial charge in [-0.15, -0.1) is 11.8 Å². The van der Waals surface area contributed by atoms with Crippen molar-refractivity contribution in [1.82, 2.24) is 5.32 Å². The molecule has 2 rings (SSSR count). The summed E-state index contributed by atoms with van der Waals surface area (Å²) in [6, 6.07) is 5.24. The molecule has 2 N–H and O–H groups in total. The molecule has 0 fully saturated rings. The lowest BCUT2D eigenvalue weighted by Gasteiger charge is -2.22. The van der Waals surface area contributed by atoms with Gasteiger partial charge in [0, 0.05) is 10.6 Å². The number of hydrogen-bond acceptors (Lipinski definition) is 4. The minimum atomic E-state index is -0.613. The van der Waals surface area contributed by atoms with E-state index in [1.165, 1.54) is 0 Å². The fourth-order valence-electron chi connectivity index (χ4n) is 1.88. The molecule has 114 valence electrons. The van der Waals surface area contributed by atoms with E-state index in [0.29, 0.717) is 5.75 Å². The van der Waals surface area contributed by atoms with Crippen LogP contribution >= 0.6 is 11.8 Å². The fraction of sp³-hybridized carbons (Fsp3) is 0.467. The van der Waals surface area contributed by atoms with Crippen molar-refractivity contribution >= 4 is 29.4 Å². The number of hydrogen-bond donors (Lipinski definition) is 2. The molecule has 1 aliphatic heterocycles. The Morgan fingerprint density at radius 2 is 2.14 bits per heavy atom. The monoisotopic (exact) mass is 308 g/mol. The van der Waals surface area contributed by atoms with Crippen LogP contribution in [-0.4, -0.2) is 29.4 Å². The van der Waals surface area contributed by atoms with Gasteiger partial charge in [0.05, 0.1) is 5.69 Å². The van der Waals surface area contributed by atoms with Crippen LogP contribution in [0.1, 0.15) is 26.3 Å². The van der Waals surface area contributed by atoms with Gasteiger partial charge in [-0.2, -0.15) is 0 Å². The van der Waals surface area contributed by atoms with Gasteiger partial charge in [-0.05, 0) is 45.4 Å². The van der Waals surface area contributed by atoms with Crippen LogP contribution in [0.3, 0.4) is 0 Å². The lowest BCUT2D eigenvalue weighted by atomic mass is 10.2. The zero-order chi connectivity index (χ0) is 15.6. The summed E-state index contributed by atoms with van der Waals surface area (Å²) in [5.41, 5.74) is 1.33. The number of nitrogens with one attached hydrogen (secondary N) is 2. The van der Waals surface area contributed by atoms with Gasteiger partial charge in [0.15, 0.2) is 0 Å². The van der Waals surface area contributed by atoms with Crippen LogP contribution in [0.25, 0.3) is 0 Å². The molecular weight excluding hydrogens is 288 g/mol. The van der Waals surface area contributed by atoms with E-state index in [0.717, 1.165) is 16.1 Å². The number of benzene rings is 1. The number of carbonyl (C=O) groups is 2. The van der Waals surface area contributed by atoms with E-state index in [2.05, 4.69) is 10.6 Å². The lowest BCUT2D eigenvalue weighted by Crippen LogP contribution is -2.46. The highest BCUT2D eigenvalue weighted by atomic mass is 32.2. The number of aryl methyl sites for hydroxylation is 1. The zero-order valence-corrected chi connectivity index (χ0v) is 13.5. The molecule has 1 aromatic rings. The quantitative estimate of drug-likeness (QED) is 0.837. The second-order valence-corrected chi connectivity index (χ2v) is 7.06. The molecule has 0 bridgehead atoms. The third-order valence-corrected chi connectivity index (χ3v) is 3.96. The molecule has 6 heteroatoms. The molecule has 0 spiro atoms. The van der Waals surface area contributed by atoms with E-state index in [9.17, 15) is 9.59 Å². The van der Waals surface area contributed by atoms with Crippen LogP contribution in [0.5, 0.6) is 0 Å². The molecule has 1 aromatic carbocycles. The van der Waals surface area contributed by atoms with Crippen molar-refractivity contribution in [2.75, 3.05) is 11.1 Å². The molecule has 5 nitrogen and oxygen atoms in total. The Hall–Kier alpha value is -1.69. The Bertz CT molecular complexity index is 567. The zero-order valence-electron chi connectivity index (χ0n) is 12.6. The average Bonchev–Trinajstić information content (AvgIpc) is 2.48. The maximum absolute atomic E-state index is 12.2. The van der Waals surface area contributed by atoms with Crippen LogP contribution in [0.2, 0.25) is 0 Å². The number of fused-ring (bicyclic) bond motifs is 1. The Morgan fingerprint density at radius 3 is 2.81 bits per heavy atom. The number of rotatable bonds is 1. The first-order valence-corrected chi connectivity index (χ1v) is 7.77. The van der Waals surface area contributed by atoms with E-state index in [1.54, 1.807) is 32.5 Å². The Balaban J connectivity index is 2.05. The molecule has 1 atom stereocenters. The van der Waals surface area contributed by atoms with Crippen molar-refractivity contribution in [1.29, 1.82) is 0 Å². The van der Waals surface area contributed by atoms with Crippen molar-refractivity contribution in [3.05, 3.63) is 23.8 Å². The fourth-order valence-corrected chi connectivity index (χ4v) is 3.00. The summed E-state index contributed by atoms with van der Waals surface area (Å²) in [6.07, 6.45) is -0.578. The summed E-state index contributed by atoms with van der Waals surface area (Å²) in [5.74, 6) is 0.248. The van der Waals surface area contributed by atoms with Crippen LogP contribution in [-0.2, 0) is 9.53 Å². The van der Waals surface area contributed by atoms with Gasteiger partial charge in [-0.1, -0.05) is 6.07 Å². The van der Waals surface area contributed by atoms with Gasteiger partial charge in [-0.25, -0.2) is 4.79 Å². The van der Waals surface area contributed by atoms with Crippen molar-refractivity contribution in [3.63, 3.8) is 0 Å². The smallest absolute Gasteiger partial charge is 0.408 e. The van der Waals surface area contributed by atoms with E-state index < -0.39 is 17.7 Å². The number of thioether (sulfide) groups is 1. The van der Waals surface area contributed by atoms with E-state index in [1.807, 2.05) is 25.1 Å². The predicted molar refractivity (Wildman–Crippen MR) is 83.7 cm³/mol. The van der Waals surface area contributed by atoms with Crippen molar-refractivity contribution in [2.45, 2.75) is 44.2 Å². The lowest BCUT2D eigenvalue weighted by molar-refractivity contribution is -0.117. The molecular formula is C15H20N2O3S. The van der Waals surface area contributed by atoms with Crippen LogP contribution in [0.4, 0.5) is 10.5 Å². The predicted octanol–water partition coefficient (Wildman–Crippen LogP) is 2.93. The first-order valence-electron chi connectivity index (χ1n) is 6.78. The molecule has 1 aliphatic rings. The van der Waals surface area contributed by atoms with Gasteiger partial charge < -0.3 is 15.4 Å². The summed E-state index contributed by atoms with van der Waals surface area (Å²) in [4.78, 5) is 25.0. The highest BCUT2D eigenvalue weighted by Crippen LogP contribution is 2.31. The average molecular weight is 308 g/mol. The molecule has 21 heavy (non-hydrogen) atoms. The molecule has 0 aromatic heterocycles. The summed E-state index contributed by atoms with van der Waals surface area (Å²) >= 11 is 1.54. The number of anilines is 1. The van der Waals surface area contributed by atoms with E-state index >= 15 is 0 Å². The molecule has 1 heterocycles. The molecule has 0 radical (unpaired) electrons. The Morgan fingerprint density at radius 1 is 1.43 bits per heavy atom. The summed E-state index contributed by atoms with van der Waals surface area (Å²) in [7, 11) is 0. The minimum absolute atomic E-state index is 0.226. The van der Waals surface area contributed by atoms with E-state index in [-0.39, 0.29) is 5.91 Å². The second-order valence-electron chi connectivity index (χ2n) is 6.00. The molecule has 0 aliphatic carbocycles. The number of alkyl carbamates (subject to hydrolysis) is 1. The Labute approximate surface area is 128 Å². The van der Waals surface area contributed by atoms with Gasteiger partial charge in [-0.3, -0.25) is 4.79 Å². The number of carbonyl (C=O) groups excluding carboxylic acids is 2. The standard InChI is InChI=1S/C15H20N2O3S/c1-9-5-6-10-12(7-9)21-8-11(13(18)16-10)17-14(19)20-15(2,3)4/h5-7,11H,8H2,1-4H3,(H,16,18)(H,17,19). The van der Waals surface area contributed by atoms with Crippen LogP contribution in [0, 0.1) is 6.92 Å². The maximum atomic E-state index is 12.2. The summed E-state index contributed by atoms with van der Waals surface area (Å²) < 4.78 is 5.19. The SMILES string of the molecule is Cc1ccc2c(c1)SCC(NC(=O)OC(C)(C)C)C(=O)N2. The van der Waals surface area contributed by atoms with Gasteiger partial charge in [0.2, 0.25) is 5.91 Å². The normalized spacial score (nSPS) is 18.3. The summed E-state index contributed by atoms with van der Waals surface area (Å²) in [5, 5.41) is 5.46. The highest BCUT2D eigenvalue weighted by Gasteiger charge is 2.27. The third kappa shape index (κ3) is 4.39. The van der Waals surface area contributed by atoms with Gasteiger partial charge >= 0.3 is 6.09 Å². The largest absolute Gasteiger partial charge is 0.444 e. The van der Waals surface area contributed by atoms with Crippen molar-refractivity contribution in [3.8, 4) is 0 Å². The first kappa shape index (κ1) is 15.7. The molecule has 0 saturated carbocycles. The maximum Gasteiger partial charge on any atom is 0.408 e. The van der Waals surface area contributed by atoms with Gasteiger partial charge in [0.1, 0.15) is 11.6 Å². The number of ether oxygens (including phenoxy) is 1. The van der Waals surface area contributed by atoms with Gasteiger partial charge in [0.25, 0.3) is 0 Å². The molecule has 0 saturated heterocycles. The first-order chi connectivity index (χ1) is 9.74. The van der Waals surface area contributed by atoms with Crippen LogP contribution < -0.4 is 10.6 Å². The third-order valence-electron chi connectivity index (χ3n) is 2.81. The Kier molecular flexibility index (Phi) is 4.46. The molecule has 1 unspecified atom stereocenters. The second kappa shape index (κ2) is 5.97.